The van der Waals surface area contributed by atoms with Crippen molar-refractivity contribution in [2.24, 2.45) is 11.8 Å². The number of carbonyl (C=O) groups excluding carboxylic acids is 3. The van der Waals surface area contributed by atoms with E-state index in [1.165, 1.54) is 0 Å². The van der Waals surface area contributed by atoms with Crippen LogP contribution in [-0.2, 0) is 31.3 Å². The van der Waals surface area contributed by atoms with Crippen LogP contribution >= 0.6 is 0 Å². The van der Waals surface area contributed by atoms with Crippen molar-refractivity contribution in [3.8, 4) is 0 Å². The molecule has 0 saturated heterocycles. The molecular formula is C35H55NO5Si2. The number of ketones is 1. The Hall–Kier alpha value is -2.72. The second kappa shape index (κ2) is 14.8. The summed E-state index contributed by atoms with van der Waals surface area (Å²) in [5, 5.41) is 2.52. The van der Waals surface area contributed by atoms with E-state index in [1.54, 1.807) is 0 Å². The van der Waals surface area contributed by atoms with Crippen molar-refractivity contribution < 1.29 is 23.2 Å². The van der Waals surface area contributed by atoms with E-state index in [2.05, 4.69) is 60.7 Å². The first kappa shape index (κ1) is 36.5. The van der Waals surface area contributed by atoms with Gasteiger partial charge in [0.25, 0.3) is 14.3 Å². The Morgan fingerprint density at radius 2 is 1.21 bits per heavy atom. The van der Waals surface area contributed by atoms with E-state index in [-0.39, 0.29) is 28.2 Å². The van der Waals surface area contributed by atoms with Crippen molar-refractivity contribution in [3.05, 3.63) is 71.8 Å². The smallest absolute Gasteiger partial charge is 0.394 e. The van der Waals surface area contributed by atoms with E-state index in [9.17, 15) is 14.4 Å². The molecule has 1 amide bonds. The molecule has 2 aromatic carbocycles. The lowest BCUT2D eigenvalue weighted by atomic mass is 9.90. The van der Waals surface area contributed by atoms with Crippen molar-refractivity contribution in [3.63, 3.8) is 0 Å². The summed E-state index contributed by atoms with van der Waals surface area (Å²) >= 11 is 0. The molecule has 0 aliphatic carbocycles. The predicted octanol–water partition coefficient (Wildman–Crippen LogP) is 8.72. The van der Waals surface area contributed by atoms with Gasteiger partial charge in [0, 0.05) is 6.42 Å². The zero-order valence-corrected chi connectivity index (χ0v) is 30.4. The maximum Gasteiger partial charge on any atom is 0.394 e. The molecule has 8 heteroatoms. The molecule has 0 aromatic heterocycles. The summed E-state index contributed by atoms with van der Waals surface area (Å²) in [5.41, 5.74) is 1.88. The number of hydrogen-bond donors (Lipinski definition) is 1. The largest absolute Gasteiger partial charge is 0.520 e. The van der Waals surface area contributed by atoms with Crippen molar-refractivity contribution in [2.75, 3.05) is 0 Å². The minimum Gasteiger partial charge on any atom is -0.520 e. The normalized spacial score (nSPS) is 14.1. The predicted molar refractivity (Wildman–Crippen MR) is 181 cm³/mol. The fourth-order valence-electron chi connectivity index (χ4n) is 5.99. The molecule has 0 spiro atoms. The number of amides is 1. The van der Waals surface area contributed by atoms with Crippen LogP contribution < -0.4 is 5.32 Å². The Labute approximate surface area is 262 Å². The van der Waals surface area contributed by atoms with Gasteiger partial charge in [-0.1, -0.05) is 116 Å². The molecule has 1 N–H and O–H groups in total. The van der Waals surface area contributed by atoms with Gasteiger partial charge in [-0.15, -0.1) is 0 Å². The third-order valence-electron chi connectivity index (χ3n) is 7.86. The van der Waals surface area contributed by atoms with Crippen LogP contribution in [0.3, 0.4) is 0 Å². The van der Waals surface area contributed by atoms with E-state index in [0.29, 0.717) is 18.8 Å². The highest BCUT2D eigenvalue weighted by Gasteiger charge is 2.58. The maximum atomic E-state index is 14.0. The van der Waals surface area contributed by atoms with Gasteiger partial charge in [-0.2, -0.15) is 0 Å². The molecule has 0 aliphatic heterocycles. The zero-order valence-electron chi connectivity index (χ0n) is 28.4. The number of nitrogens with one attached hydrogen (secondary N) is 1. The lowest BCUT2D eigenvalue weighted by molar-refractivity contribution is -0.142. The highest BCUT2D eigenvalue weighted by Crippen LogP contribution is 2.55. The van der Waals surface area contributed by atoms with Gasteiger partial charge in [0.1, 0.15) is 0 Å². The Morgan fingerprint density at radius 3 is 1.63 bits per heavy atom. The van der Waals surface area contributed by atoms with Crippen LogP contribution in [0.15, 0.2) is 60.7 Å². The highest BCUT2D eigenvalue weighted by atomic mass is 28.4. The van der Waals surface area contributed by atoms with Crippen LogP contribution in [0.25, 0.3) is 0 Å². The summed E-state index contributed by atoms with van der Waals surface area (Å²) in [5.74, 6) is -0.884. The van der Waals surface area contributed by atoms with Crippen molar-refractivity contribution >= 4 is 34.5 Å². The zero-order chi connectivity index (χ0) is 32.6. The SMILES string of the molecule is CC(C)C[Si](OC(=O)N[C@@H](Cc1ccccc1)C(=O)C[C@@H](Cc1ccccc1)C(=O)O[Si](C)(C)C)(C(C)(C)C)C(C)(C)C. The van der Waals surface area contributed by atoms with Gasteiger partial charge in [0.05, 0.1) is 12.0 Å². The third-order valence-corrected chi connectivity index (χ3v) is 15.4. The average molecular weight is 626 g/mol. The summed E-state index contributed by atoms with van der Waals surface area (Å²) in [7, 11) is -4.93. The lowest BCUT2D eigenvalue weighted by Gasteiger charge is -2.50. The molecule has 0 saturated carbocycles. The lowest BCUT2D eigenvalue weighted by Crippen LogP contribution is -2.58. The number of hydrogen-bond acceptors (Lipinski definition) is 5. The Kier molecular flexibility index (Phi) is 12.6. The number of benzene rings is 2. The minimum atomic E-state index is -2.74. The molecule has 2 rings (SSSR count). The van der Waals surface area contributed by atoms with E-state index in [1.807, 2.05) is 80.3 Å². The van der Waals surface area contributed by atoms with Crippen molar-refractivity contribution in [1.82, 2.24) is 5.32 Å². The monoisotopic (exact) mass is 625 g/mol. The first-order valence-corrected chi connectivity index (χ1v) is 21.1. The Morgan fingerprint density at radius 1 is 0.744 bits per heavy atom. The Bertz CT molecular complexity index is 1180. The standard InChI is InChI=1S/C35H55NO5Si2/c1-26(2)25-43(34(3,4)5,35(6,7)8)41-33(39)36-30(23-28-20-16-13-17-21-28)31(37)24-29(32(38)40-42(9,10)11)22-27-18-14-12-15-19-27/h12-21,26,29-30H,22-25H2,1-11H3,(H,36,39)/t29-,30+/m1/s1. The molecule has 0 bridgehead atoms. The summed E-state index contributed by atoms with van der Waals surface area (Å²) < 4.78 is 12.4. The fourth-order valence-corrected chi connectivity index (χ4v) is 12.5. The van der Waals surface area contributed by atoms with Gasteiger partial charge >= 0.3 is 6.09 Å². The second-order valence-electron chi connectivity index (χ2n) is 15.3. The first-order valence-electron chi connectivity index (χ1n) is 15.6. The molecular weight excluding hydrogens is 571 g/mol. The van der Waals surface area contributed by atoms with Crippen LogP contribution in [-0.4, -0.2) is 40.5 Å². The van der Waals surface area contributed by atoms with Gasteiger partial charge in [-0.05, 0) is 65.6 Å². The summed E-state index contributed by atoms with van der Waals surface area (Å²) in [6, 6.07) is 19.3. The number of rotatable bonds is 13. The summed E-state index contributed by atoms with van der Waals surface area (Å²) in [6.07, 6.45) is 0.0929. The van der Waals surface area contributed by atoms with Crippen molar-refractivity contribution in [2.45, 2.75) is 116 Å². The van der Waals surface area contributed by atoms with Crippen LogP contribution in [0.2, 0.25) is 35.8 Å². The number of Topliss-reactive ketones (excluding diaryl/α,β-unsaturated/α-hetero) is 1. The first-order chi connectivity index (χ1) is 19.7. The maximum absolute atomic E-state index is 14.0. The van der Waals surface area contributed by atoms with E-state index >= 15 is 0 Å². The van der Waals surface area contributed by atoms with E-state index in [0.717, 1.165) is 17.2 Å². The van der Waals surface area contributed by atoms with Gasteiger partial charge in [0.15, 0.2) is 5.78 Å². The Balaban J connectivity index is 2.42. The third kappa shape index (κ3) is 11.1. The fraction of sp³-hybridized carbons (Fsp3) is 0.571. The highest BCUT2D eigenvalue weighted by molar-refractivity contribution is 6.80. The second-order valence-corrected chi connectivity index (χ2v) is 25.0. The van der Waals surface area contributed by atoms with Crippen LogP contribution in [0.1, 0.15) is 72.9 Å². The molecule has 238 valence electrons. The van der Waals surface area contributed by atoms with Gasteiger partial charge in [-0.25, -0.2) is 4.79 Å². The van der Waals surface area contributed by atoms with Gasteiger partial charge < -0.3 is 14.2 Å². The van der Waals surface area contributed by atoms with Gasteiger partial charge in [-0.3, -0.25) is 9.59 Å². The molecule has 0 unspecified atom stereocenters. The molecule has 0 fully saturated rings. The molecule has 0 radical (unpaired) electrons. The van der Waals surface area contributed by atoms with Gasteiger partial charge in [0.2, 0.25) is 8.32 Å². The van der Waals surface area contributed by atoms with E-state index < -0.39 is 34.7 Å². The van der Waals surface area contributed by atoms with Crippen molar-refractivity contribution in [1.29, 1.82) is 0 Å². The topological polar surface area (TPSA) is 81.7 Å². The summed E-state index contributed by atoms with van der Waals surface area (Å²) in [6.45, 7) is 23.1. The quantitative estimate of drug-likeness (QED) is 0.225. The summed E-state index contributed by atoms with van der Waals surface area (Å²) in [4.78, 5) is 41.2. The molecule has 0 heterocycles. The molecule has 0 aliphatic rings. The van der Waals surface area contributed by atoms with Crippen LogP contribution in [0.4, 0.5) is 4.79 Å². The molecule has 6 nitrogen and oxygen atoms in total. The number of carbonyl (C=O) groups is 3. The van der Waals surface area contributed by atoms with Crippen LogP contribution in [0.5, 0.6) is 0 Å². The minimum absolute atomic E-state index is 0.0386. The molecule has 2 atom stereocenters. The van der Waals surface area contributed by atoms with Crippen LogP contribution in [0, 0.1) is 11.8 Å². The average Bonchev–Trinajstić information content (AvgIpc) is 2.86. The van der Waals surface area contributed by atoms with E-state index in [4.69, 9.17) is 8.85 Å². The molecule has 43 heavy (non-hydrogen) atoms. The molecule has 2 aromatic rings.